The summed E-state index contributed by atoms with van der Waals surface area (Å²) in [5, 5.41) is 7.30. The molecule has 0 saturated heterocycles. The van der Waals surface area contributed by atoms with E-state index in [9.17, 15) is 0 Å². The highest BCUT2D eigenvalue weighted by Crippen LogP contribution is 2.49. The molecule has 12 aromatic rings. The topological polar surface area (TPSA) is 43.0 Å². The van der Waals surface area contributed by atoms with Crippen molar-refractivity contribution in [3.63, 3.8) is 0 Å². The fraction of sp³-hybridized carbons (Fsp3) is 0. The summed E-state index contributed by atoms with van der Waals surface area (Å²) in [5.74, 6) is 1.88. The van der Waals surface area contributed by atoms with Crippen LogP contribution in [-0.2, 0) is 0 Å². The molecule has 1 heterocycles. The number of hydrogen-bond acceptors (Lipinski definition) is 3. The minimum absolute atomic E-state index is 0.614. The van der Waals surface area contributed by atoms with Crippen LogP contribution in [0.3, 0.4) is 0 Å². The molecule has 4 nitrogen and oxygen atoms in total. The second-order valence-electron chi connectivity index (χ2n) is 17.3. The lowest BCUT2D eigenvalue weighted by Crippen LogP contribution is -2.00. The summed E-state index contributed by atoms with van der Waals surface area (Å²) in [7, 11) is 0. The highest BCUT2D eigenvalue weighted by atomic mass is 15.0. The van der Waals surface area contributed by atoms with Crippen molar-refractivity contribution in [3.8, 4) is 101 Å². The van der Waals surface area contributed by atoms with Gasteiger partial charge < -0.3 is 0 Å². The van der Waals surface area contributed by atoms with Gasteiger partial charge in [0.15, 0.2) is 23.2 Å². The monoisotopic (exact) mass is 862 g/mol. The van der Waals surface area contributed by atoms with Gasteiger partial charge in [0.2, 0.25) is 0 Å². The molecule has 0 amide bonds. The average molecular weight is 863 g/mol. The first-order valence-electron chi connectivity index (χ1n) is 22.9. The summed E-state index contributed by atoms with van der Waals surface area (Å²) in [6.45, 7) is 8.21. The lowest BCUT2D eigenvalue weighted by atomic mass is 9.89. The number of benzene rings is 11. The molecule has 13 rings (SSSR count). The van der Waals surface area contributed by atoms with Crippen molar-refractivity contribution in [2.75, 3.05) is 0 Å². The van der Waals surface area contributed by atoms with Crippen LogP contribution in [-0.4, -0.2) is 15.0 Å². The van der Waals surface area contributed by atoms with E-state index in [-0.39, 0.29) is 0 Å². The van der Waals surface area contributed by atoms with Gasteiger partial charge in [-0.25, -0.2) is 19.8 Å². The quantitative estimate of drug-likeness (QED) is 0.118. The molecule has 4 heteroatoms. The lowest BCUT2D eigenvalue weighted by Gasteiger charge is -2.15. The second kappa shape index (κ2) is 16.0. The Bertz CT molecular complexity index is 3990. The fourth-order valence-corrected chi connectivity index (χ4v) is 10.3. The van der Waals surface area contributed by atoms with Crippen molar-refractivity contribution in [1.82, 2.24) is 15.0 Å². The predicted molar refractivity (Wildman–Crippen MR) is 281 cm³/mol. The van der Waals surface area contributed by atoms with Gasteiger partial charge in [-0.3, -0.25) is 0 Å². The molecule has 1 aliphatic rings. The lowest BCUT2D eigenvalue weighted by molar-refractivity contribution is 1.08. The largest absolute Gasteiger partial charge is 0.237 e. The number of rotatable bonds is 7. The molecule has 0 bridgehead atoms. The van der Waals surface area contributed by atoms with Gasteiger partial charge in [0, 0.05) is 16.7 Å². The van der Waals surface area contributed by atoms with Gasteiger partial charge in [0.1, 0.15) is 0 Å². The summed E-state index contributed by atoms with van der Waals surface area (Å²) in [4.78, 5) is 19.4. The van der Waals surface area contributed by atoms with Crippen LogP contribution in [0.5, 0.6) is 0 Å². The highest BCUT2D eigenvalue weighted by Gasteiger charge is 2.24. The van der Waals surface area contributed by atoms with E-state index in [2.05, 4.69) is 193 Å². The molecular weight excluding hydrogens is 825 g/mol. The predicted octanol–water partition coefficient (Wildman–Crippen LogP) is 17.2. The van der Waals surface area contributed by atoms with Crippen LogP contribution in [0.2, 0.25) is 0 Å². The Morgan fingerprint density at radius 2 is 0.779 bits per heavy atom. The zero-order chi connectivity index (χ0) is 45.1. The summed E-state index contributed by atoms with van der Waals surface area (Å²) in [6.07, 6.45) is 0. The first-order valence-corrected chi connectivity index (χ1v) is 22.9. The first kappa shape index (κ1) is 39.1. The normalized spacial score (nSPS) is 11.5. The Morgan fingerprint density at radius 3 is 1.53 bits per heavy atom. The molecule has 0 spiro atoms. The van der Waals surface area contributed by atoms with Gasteiger partial charge in [-0.15, -0.1) is 0 Å². The molecule has 0 radical (unpaired) electrons. The van der Waals surface area contributed by atoms with E-state index in [1.807, 2.05) is 42.5 Å². The van der Waals surface area contributed by atoms with Crippen molar-refractivity contribution < 1.29 is 0 Å². The average Bonchev–Trinajstić information content (AvgIpc) is 3.75. The number of fused-ring (bicyclic) bond motifs is 6. The molecule has 0 saturated carbocycles. The molecule has 68 heavy (non-hydrogen) atoms. The van der Waals surface area contributed by atoms with Gasteiger partial charge in [-0.1, -0.05) is 218 Å². The molecule has 1 aliphatic carbocycles. The van der Waals surface area contributed by atoms with Gasteiger partial charge in [-0.2, -0.15) is 0 Å². The van der Waals surface area contributed by atoms with E-state index >= 15 is 0 Å². The smallest absolute Gasteiger partial charge is 0.195 e. The third kappa shape index (κ3) is 6.48. The Labute approximate surface area is 394 Å². The van der Waals surface area contributed by atoms with Crippen LogP contribution in [0.1, 0.15) is 0 Å². The molecular formula is C64H38N4. The molecule has 0 atom stereocenters. The summed E-state index contributed by atoms with van der Waals surface area (Å²) >= 11 is 0. The Kier molecular flexibility index (Phi) is 9.20. The highest BCUT2D eigenvalue weighted by molar-refractivity contribution is 6.18. The van der Waals surface area contributed by atoms with E-state index in [1.54, 1.807) is 0 Å². The van der Waals surface area contributed by atoms with Crippen molar-refractivity contribution in [1.29, 1.82) is 0 Å². The van der Waals surface area contributed by atoms with E-state index in [0.29, 0.717) is 23.2 Å². The minimum atomic E-state index is 0.614. The fourth-order valence-electron chi connectivity index (χ4n) is 10.3. The number of hydrogen-bond donors (Lipinski definition) is 0. The van der Waals surface area contributed by atoms with Crippen LogP contribution in [0.4, 0.5) is 5.69 Å². The second-order valence-corrected chi connectivity index (χ2v) is 17.3. The molecule has 11 aromatic carbocycles. The summed E-state index contributed by atoms with van der Waals surface area (Å²) in [5.41, 5.74) is 16.9. The first-order chi connectivity index (χ1) is 33.7. The maximum absolute atomic E-state index is 8.21. The summed E-state index contributed by atoms with van der Waals surface area (Å²) in [6, 6.07) is 81.0. The van der Waals surface area contributed by atoms with Gasteiger partial charge >= 0.3 is 0 Å². The number of nitrogens with zero attached hydrogens (tertiary/aromatic N) is 4. The molecule has 0 unspecified atom stereocenters. The third-order valence-corrected chi connectivity index (χ3v) is 13.5. The van der Waals surface area contributed by atoms with Crippen LogP contribution >= 0.6 is 0 Å². The minimum Gasteiger partial charge on any atom is -0.237 e. The van der Waals surface area contributed by atoms with E-state index < -0.39 is 0 Å². The standard InChI is InChI=1S/C64H38N4/c1-65-59-26-12-22-50(47-17-9-16-46(39-47)49-21-10-23-51-48-18-6-5-13-42(48)35-36-54(49)51)60(59)43-31-27-40(28-32-43)41-29-33-45(34-30-41)63-66-62(44-14-3-2-4-15-44)67-64(68-63)58-38-37-57-53-20-8-7-19-52(53)55-24-11-25-56(58)61(55)57/h2-39H. The summed E-state index contributed by atoms with van der Waals surface area (Å²) < 4.78 is 0. The molecule has 0 fully saturated rings. The molecule has 1 aromatic heterocycles. The molecule has 314 valence electrons. The Morgan fingerprint density at radius 1 is 0.279 bits per heavy atom. The van der Waals surface area contributed by atoms with Crippen molar-refractivity contribution >= 4 is 38.0 Å². The third-order valence-electron chi connectivity index (χ3n) is 13.5. The van der Waals surface area contributed by atoms with Gasteiger partial charge in [0.25, 0.3) is 0 Å². The van der Waals surface area contributed by atoms with E-state index in [4.69, 9.17) is 21.5 Å². The van der Waals surface area contributed by atoms with Crippen LogP contribution < -0.4 is 0 Å². The SMILES string of the molecule is [C-]#[N+]c1cccc(-c2cccc(-c3cccc4c3ccc3ccccc34)c2)c1-c1ccc(-c2ccc(-c3nc(-c4ccccc4)nc(-c4ccc5c6c(cccc46)-c4ccccc4-5)n3)cc2)cc1. The van der Waals surface area contributed by atoms with Crippen LogP contribution in [0, 0.1) is 6.57 Å². The molecule has 0 aliphatic heterocycles. The van der Waals surface area contributed by atoms with Gasteiger partial charge in [0.05, 0.1) is 6.57 Å². The van der Waals surface area contributed by atoms with Gasteiger partial charge in [-0.05, 0) is 111 Å². The zero-order valence-electron chi connectivity index (χ0n) is 36.7. The zero-order valence-corrected chi connectivity index (χ0v) is 36.7. The molecule has 0 N–H and O–H groups in total. The Balaban J connectivity index is 0.840. The number of aromatic nitrogens is 3. The maximum Gasteiger partial charge on any atom is 0.195 e. The van der Waals surface area contributed by atoms with E-state index in [1.165, 1.54) is 54.7 Å². The maximum atomic E-state index is 8.21. The van der Waals surface area contributed by atoms with E-state index in [0.717, 1.165) is 61.0 Å². The van der Waals surface area contributed by atoms with Crippen molar-refractivity contribution in [2.45, 2.75) is 0 Å². The Hall–Kier alpha value is -9.30. The van der Waals surface area contributed by atoms with Crippen molar-refractivity contribution in [2.24, 2.45) is 0 Å². The van der Waals surface area contributed by atoms with Crippen molar-refractivity contribution in [3.05, 3.63) is 242 Å². The van der Waals surface area contributed by atoms with Crippen LogP contribution in [0.15, 0.2) is 231 Å². The van der Waals surface area contributed by atoms with Crippen LogP contribution in [0.25, 0.3) is 138 Å².